The number of rotatable bonds is 1. The molecule has 0 spiro atoms. The maximum absolute atomic E-state index is 10.2. The molecule has 0 radical (unpaired) electrons. The number of ether oxygens (including phenoxy) is 1. The molecular formula is C11H11NO2. The summed E-state index contributed by atoms with van der Waals surface area (Å²) in [6.07, 6.45) is 3.70. The van der Waals surface area contributed by atoms with Gasteiger partial charge >= 0.3 is 0 Å². The van der Waals surface area contributed by atoms with Crippen molar-refractivity contribution in [2.45, 2.75) is 25.9 Å². The van der Waals surface area contributed by atoms with E-state index in [4.69, 9.17) is 4.74 Å². The first-order valence-electron chi connectivity index (χ1n) is 4.67. The van der Waals surface area contributed by atoms with Crippen molar-refractivity contribution in [1.82, 2.24) is 0 Å². The third-order valence-corrected chi connectivity index (χ3v) is 2.40. The molecule has 0 aliphatic carbocycles. The summed E-state index contributed by atoms with van der Waals surface area (Å²) in [7, 11) is 0. The van der Waals surface area contributed by atoms with E-state index in [1.165, 1.54) is 0 Å². The van der Waals surface area contributed by atoms with Crippen LogP contribution in [0.25, 0.3) is 0 Å². The Morgan fingerprint density at radius 3 is 3.21 bits per heavy atom. The highest BCUT2D eigenvalue weighted by Gasteiger charge is 2.18. The molecule has 72 valence electrons. The Labute approximate surface area is 82.4 Å². The molecule has 1 aliphatic rings. The monoisotopic (exact) mass is 189 g/mol. The van der Waals surface area contributed by atoms with E-state index in [1.54, 1.807) is 6.08 Å². The molecule has 2 rings (SSSR count). The van der Waals surface area contributed by atoms with Gasteiger partial charge in [0.2, 0.25) is 6.08 Å². The van der Waals surface area contributed by atoms with Crippen LogP contribution in [-0.2, 0) is 11.2 Å². The van der Waals surface area contributed by atoms with E-state index in [9.17, 15) is 4.79 Å². The number of isocyanates is 1. The van der Waals surface area contributed by atoms with Crippen molar-refractivity contribution < 1.29 is 9.53 Å². The van der Waals surface area contributed by atoms with E-state index < -0.39 is 0 Å². The predicted octanol–water partition coefficient (Wildman–Crippen LogP) is 2.37. The van der Waals surface area contributed by atoms with Gasteiger partial charge in [-0.15, -0.1) is 0 Å². The lowest BCUT2D eigenvalue weighted by Gasteiger charge is -2.23. The summed E-state index contributed by atoms with van der Waals surface area (Å²) in [6.45, 7) is 2.04. The zero-order chi connectivity index (χ0) is 9.97. The van der Waals surface area contributed by atoms with Crippen molar-refractivity contribution in [3.8, 4) is 5.75 Å². The maximum Gasteiger partial charge on any atom is 0.240 e. The quantitative estimate of drug-likeness (QED) is 0.502. The van der Waals surface area contributed by atoms with Crippen LogP contribution in [0.1, 0.15) is 18.9 Å². The fraction of sp³-hybridized carbons (Fsp3) is 0.364. The van der Waals surface area contributed by atoms with Crippen molar-refractivity contribution in [3.63, 3.8) is 0 Å². The van der Waals surface area contributed by atoms with Crippen LogP contribution < -0.4 is 4.74 Å². The average Bonchev–Trinajstić information content (AvgIpc) is 2.18. The Balaban J connectivity index is 2.46. The molecule has 1 atom stereocenters. The van der Waals surface area contributed by atoms with E-state index in [2.05, 4.69) is 4.99 Å². The molecule has 0 saturated carbocycles. The van der Waals surface area contributed by atoms with Crippen LogP contribution in [0.5, 0.6) is 5.75 Å². The molecule has 3 heteroatoms. The number of benzene rings is 1. The van der Waals surface area contributed by atoms with Gasteiger partial charge in [0, 0.05) is 5.56 Å². The number of aliphatic imine (C=N–C) groups is 1. The third kappa shape index (κ3) is 1.54. The number of hydrogen-bond donors (Lipinski definition) is 0. The van der Waals surface area contributed by atoms with Crippen LogP contribution in [0.15, 0.2) is 23.2 Å². The molecule has 0 fully saturated rings. The molecule has 1 aromatic carbocycles. The minimum Gasteiger partial charge on any atom is -0.490 e. The lowest BCUT2D eigenvalue weighted by atomic mass is 10.0. The molecule has 0 N–H and O–H groups in total. The van der Waals surface area contributed by atoms with Gasteiger partial charge in [-0.1, -0.05) is 6.07 Å². The summed E-state index contributed by atoms with van der Waals surface area (Å²) in [5.74, 6) is 0.847. The van der Waals surface area contributed by atoms with E-state index in [-0.39, 0.29) is 6.10 Å². The molecule has 1 unspecified atom stereocenters. The largest absolute Gasteiger partial charge is 0.490 e. The van der Waals surface area contributed by atoms with Crippen LogP contribution in [0.4, 0.5) is 5.69 Å². The zero-order valence-electron chi connectivity index (χ0n) is 7.99. The van der Waals surface area contributed by atoms with E-state index >= 15 is 0 Å². The second-order valence-electron chi connectivity index (χ2n) is 3.42. The molecule has 1 aromatic rings. The molecule has 0 bridgehead atoms. The summed E-state index contributed by atoms with van der Waals surface area (Å²) in [6, 6.07) is 5.56. The first kappa shape index (κ1) is 8.97. The van der Waals surface area contributed by atoms with Crippen molar-refractivity contribution >= 4 is 11.8 Å². The molecule has 0 amide bonds. The van der Waals surface area contributed by atoms with Gasteiger partial charge in [-0.25, -0.2) is 4.79 Å². The Morgan fingerprint density at radius 2 is 2.43 bits per heavy atom. The molecule has 0 aromatic heterocycles. The summed E-state index contributed by atoms with van der Waals surface area (Å²) < 4.78 is 5.63. The van der Waals surface area contributed by atoms with Gasteiger partial charge in [-0.2, -0.15) is 4.99 Å². The standard InChI is InChI=1S/C11H11NO2/c1-8-5-6-9-10(12-7-13)3-2-4-11(9)14-8/h2-4,8H,5-6H2,1H3. The minimum absolute atomic E-state index is 0.248. The van der Waals surface area contributed by atoms with Gasteiger partial charge in [-0.05, 0) is 31.9 Å². The van der Waals surface area contributed by atoms with Gasteiger partial charge < -0.3 is 4.74 Å². The van der Waals surface area contributed by atoms with E-state index in [0.29, 0.717) is 5.69 Å². The lowest BCUT2D eigenvalue weighted by Crippen LogP contribution is -2.18. The van der Waals surface area contributed by atoms with Crippen LogP contribution in [0.3, 0.4) is 0 Å². The number of hydrogen-bond acceptors (Lipinski definition) is 3. The normalized spacial score (nSPS) is 19.1. The van der Waals surface area contributed by atoms with Crippen molar-refractivity contribution in [2.24, 2.45) is 4.99 Å². The van der Waals surface area contributed by atoms with E-state index in [1.807, 2.05) is 25.1 Å². The second kappa shape index (κ2) is 3.64. The molecule has 14 heavy (non-hydrogen) atoms. The van der Waals surface area contributed by atoms with Crippen LogP contribution in [0.2, 0.25) is 0 Å². The second-order valence-corrected chi connectivity index (χ2v) is 3.42. The van der Waals surface area contributed by atoms with Gasteiger partial charge in [0.15, 0.2) is 0 Å². The summed E-state index contributed by atoms with van der Waals surface area (Å²) in [5.41, 5.74) is 1.71. The number of fused-ring (bicyclic) bond motifs is 1. The average molecular weight is 189 g/mol. The highest BCUT2D eigenvalue weighted by molar-refractivity contribution is 5.59. The van der Waals surface area contributed by atoms with Crippen molar-refractivity contribution in [3.05, 3.63) is 23.8 Å². The summed E-state index contributed by atoms with van der Waals surface area (Å²) in [4.78, 5) is 13.9. The molecule has 0 saturated heterocycles. The van der Waals surface area contributed by atoms with Crippen LogP contribution in [-0.4, -0.2) is 12.2 Å². The van der Waals surface area contributed by atoms with Crippen molar-refractivity contribution in [1.29, 1.82) is 0 Å². The fourth-order valence-electron chi connectivity index (χ4n) is 1.69. The van der Waals surface area contributed by atoms with Crippen LogP contribution in [0, 0.1) is 0 Å². The Hall–Kier alpha value is -1.60. The Bertz CT molecular complexity index is 394. The smallest absolute Gasteiger partial charge is 0.240 e. The SMILES string of the molecule is CC1CCc2c(N=C=O)cccc2O1. The zero-order valence-corrected chi connectivity index (χ0v) is 7.99. The topological polar surface area (TPSA) is 38.7 Å². The highest BCUT2D eigenvalue weighted by Crippen LogP contribution is 2.34. The van der Waals surface area contributed by atoms with E-state index in [0.717, 1.165) is 24.2 Å². The lowest BCUT2D eigenvalue weighted by molar-refractivity contribution is 0.193. The number of nitrogens with zero attached hydrogens (tertiary/aromatic N) is 1. The Morgan fingerprint density at radius 1 is 1.57 bits per heavy atom. The molecule has 1 aliphatic heterocycles. The van der Waals surface area contributed by atoms with Crippen LogP contribution >= 0.6 is 0 Å². The predicted molar refractivity (Wildman–Crippen MR) is 52.6 cm³/mol. The highest BCUT2D eigenvalue weighted by atomic mass is 16.5. The summed E-state index contributed by atoms with van der Waals surface area (Å²) >= 11 is 0. The minimum atomic E-state index is 0.248. The van der Waals surface area contributed by atoms with Gasteiger partial charge in [0.25, 0.3) is 0 Å². The van der Waals surface area contributed by atoms with Gasteiger partial charge in [0.1, 0.15) is 5.75 Å². The molecule has 3 nitrogen and oxygen atoms in total. The maximum atomic E-state index is 10.2. The molecular weight excluding hydrogens is 178 g/mol. The molecule has 1 heterocycles. The number of carbonyl (C=O) groups excluding carboxylic acids is 1. The Kier molecular flexibility index (Phi) is 2.33. The van der Waals surface area contributed by atoms with Crippen molar-refractivity contribution in [2.75, 3.05) is 0 Å². The summed E-state index contributed by atoms with van der Waals surface area (Å²) in [5, 5.41) is 0. The van der Waals surface area contributed by atoms with Gasteiger partial charge in [-0.3, -0.25) is 0 Å². The fourth-order valence-corrected chi connectivity index (χ4v) is 1.69. The first-order valence-corrected chi connectivity index (χ1v) is 4.67. The first-order chi connectivity index (χ1) is 6.81. The van der Waals surface area contributed by atoms with Gasteiger partial charge in [0.05, 0.1) is 11.8 Å². The third-order valence-electron chi connectivity index (χ3n) is 2.40.